The third kappa shape index (κ3) is 9.28. The van der Waals surface area contributed by atoms with Crippen LogP contribution in [0.15, 0.2) is 95.1 Å². The van der Waals surface area contributed by atoms with Crippen LogP contribution in [0.4, 0.5) is 11.4 Å². The first-order valence-electron chi connectivity index (χ1n) is 13.9. The van der Waals surface area contributed by atoms with Crippen molar-refractivity contribution in [3.8, 4) is 23.0 Å². The van der Waals surface area contributed by atoms with Gasteiger partial charge in [-0.05, 0) is 72.8 Å². The molecule has 0 bridgehead atoms. The fraction of sp³-hybridized carbons (Fsp3) is 0.0625. The molecule has 0 saturated carbocycles. The van der Waals surface area contributed by atoms with Crippen LogP contribution in [0.1, 0.15) is 31.8 Å². The Hall–Kier alpha value is -7.50. The highest BCUT2D eigenvalue weighted by atomic mass is 16.6. The van der Waals surface area contributed by atoms with E-state index >= 15 is 0 Å². The Kier molecular flexibility index (Phi) is 11.6. The third-order valence-electron chi connectivity index (χ3n) is 6.38. The van der Waals surface area contributed by atoms with Gasteiger partial charge in [0, 0.05) is 23.3 Å². The molecular formula is C32H24N6O12. The minimum Gasteiger partial charge on any atom is -0.497 e. The predicted molar refractivity (Wildman–Crippen MR) is 174 cm³/mol. The van der Waals surface area contributed by atoms with E-state index in [9.17, 15) is 39.4 Å². The molecule has 0 aliphatic carbocycles. The summed E-state index contributed by atoms with van der Waals surface area (Å²) in [7, 11) is 2.90. The first kappa shape index (κ1) is 35.4. The van der Waals surface area contributed by atoms with E-state index in [2.05, 4.69) is 10.2 Å². The number of esters is 2. The molecule has 18 nitrogen and oxygen atoms in total. The summed E-state index contributed by atoms with van der Waals surface area (Å²) in [4.78, 5) is 70.7. The molecule has 0 saturated heterocycles. The second-order valence-electron chi connectivity index (χ2n) is 9.60. The number of hydrazone groups is 2. The quantitative estimate of drug-likeness (QED) is 0.0544. The van der Waals surface area contributed by atoms with E-state index in [0.29, 0.717) is 11.5 Å². The van der Waals surface area contributed by atoms with Crippen molar-refractivity contribution in [2.24, 2.45) is 10.2 Å². The standard InChI is InChI=1S/C32H24N6O12/c1-47-23-9-5-21(6-10-23)31(41)49-27-13-3-19(15-25(27)37(43)44)17-33-35-29(39)30(40)36-34-18-20-4-14-28(26(16-20)38(45)46)50-32(42)22-7-11-24(48-2)12-8-22/h3-18H,1-2H3,(H,35,39)(H,36,40)/b33-17-,34-18-. The molecule has 4 aromatic rings. The summed E-state index contributed by atoms with van der Waals surface area (Å²) in [5.41, 5.74) is 3.15. The van der Waals surface area contributed by atoms with Gasteiger partial charge in [0.2, 0.25) is 11.5 Å². The van der Waals surface area contributed by atoms with Crippen molar-refractivity contribution < 1.29 is 48.0 Å². The van der Waals surface area contributed by atoms with E-state index in [0.717, 1.165) is 36.7 Å². The lowest BCUT2D eigenvalue weighted by Crippen LogP contribution is -2.35. The smallest absolute Gasteiger partial charge is 0.343 e. The van der Waals surface area contributed by atoms with Gasteiger partial charge in [-0.25, -0.2) is 20.4 Å². The summed E-state index contributed by atoms with van der Waals surface area (Å²) < 4.78 is 20.4. The number of nitro groups is 2. The van der Waals surface area contributed by atoms with Crippen LogP contribution in [0, 0.1) is 20.2 Å². The Morgan fingerprint density at radius 3 is 1.28 bits per heavy atom. The first-order chi connectivity index (χ1) is 24.0. The van der Waals surface area contributed by atoms with Gasteiger partial charge in [0.1, 0.15) is 11.5 Å². The van der Waals surface area contributed by atoms with Gasteiger partial charge in [-0.15, -0.1) is 0 Å². The van der Waals surface area contributed by atoms with Crippen LogP contribution in [-0.2, 0) is 9.59 Å². The Morgan fingerprint density at radius 1 is 0.600 bits per heavy atom. The average molecular weight is 685 g/mol. The summed E-state index contributed by atoms with van der Waals surface area (Å²) in [6.45, 7) is 0. The Balaban J connectivity index is 1.33. The van der Waals surface area contributed by atoms with Gasteiger partial charge in [0.05, 0.1) is 47.6 Å². The van der Waals surface area contributed by atoms with Gasteiger partial charge in [-0.3, -0.25) is 29.8 Å². The van der Waals surface area contributed by atoms with E-state index < -0.39 is 45.0 Å². The molecule has 4 aromatic carbocycles. The molecule has 0 unspecified atom stereocenters. The van der Waals surface area contributed by atoms with Gasteiger partial charge >= 0.3 is 35.1 Å². The molecule has 0 fully saturated rings. The van der Waals surface area contributed by atoms with Gasteiger partial charge in [-0.1, -0.05) is 0 Å². The Labute approximate surface area is 281 Å². The summed E-state index contributed by atoms with van der Waals surface area (Å²) in [5.74, 6) is -3.94. The molecule has 18 heteroatoms. The van der Waals surface area contributed by atoms with E-state index in [4.69, 9.17) is 18.9 Å². The number of carbonyl (C=O) groups excluding carboxylic acids is 4. The van der Waals surface area contributed by atoms with Crippen molar-refractivity contribution in [1.29, 1.82) is 0 Å². The van der Waals surface area contributed by atoms with Crippen molar-refractivity contribution in [2.45, 2.75) is 0 Å². The highest BCUT2D eigenvalue weighted by Gasteiger charge is 2.21. The molecule has 0 radical (unpaired) electrons. The molecule has 0 atom stereocenters. The lowest BCUT2D eigenvalue weighted by molar-refractivity contribution is -0.385. The van der Waals surface area contributed by atoms with Gasteiger partial charge < -0.3 is 18.9 Å². The summed E-state index contributed by atoms with van der Waals surface area (Å²) >= 11 is 0. The number of ether oxygens (including phenoxy) is 4. The molecule has 0 aliphatic rings. The van der Waals surface area contributed by atoms with Crippen molar-refractivity contribution in [2.75, 3.05) is 14.2 Å². The minimum absolute atomic E-state index is 0.111. The summed E-state index contributed by atoms with van der Waals surface area (Å²) in [6, 6.07) is 18.8. The maximum Gasteiger partial charge on any atom is 0.343 e. The second-order valence-corrected chi connectivity index (χ2v) is 9.60. The maximum atomic E-state index is 12.4. The molecule has 0 aromatic heterocycles. The number of benzene rings is 4. The van der Waals surface area contributed by atoms with Gasteiger partial charge in [-0.2, -0.15) is 10.2 Å². The summed E-state index contributed by atoms with van der Waals surface area (Å²) in [6.07, 6.45) is 2.00. The predicted octanol–water partition coefficient (Wildman–Crippen LogP) is 3.56. The SMILES string of the molecule is COc1ccc(C(=O)Oc2ccc(/C=N\NC(=O)C(=O)N/N=C\c3ccc(OC(=O)c4ccc(OC)cc4)c([N+](=O)[O-])c3)cc2[N+](=O)[O-])cc1. The number of nitrogens with zero attached hydrogens (tertiary/aromatic N) is 4. The van der Waals surface area contributed by atoms with Crippen LogP contribution in [0.2, 0.25) is 0 Å². The monoisotopic (exact) mass is 684 g/mol. The topological polar surface area (TPSA) is 240 Å². The van der Waals surface area contributed by atoms with Crippen LogP contribution >= 0.6 is 0 Å². The van der Waals surface area contributed by atoms with E-state index in [-0.39, 0.29) is 33.8 Å². The lowest BCUT2D eigenvalue weighted by atomic mass is 10.2. The van der Waals surface area contributed by atoms with Crippen LogP contribution in [0.5, 0.6) is 23.0 Å². The van der Waals surface area contributed by atoms with Crippen LogP contribution in [-0.4, -0.2) is 60.2 Å². The van der Waals surface area contributed by atoms with Crippen molar-refractivity contribution >= 4 is 47.6 Å². The fourth-order valence-electron chi connectivity index (χ4n) is 3.89. The van der Waals surface area contributed by atoms with E-state index in [1.165, 1.54) is 74.9 Å². The zero-order chi connectivity index (χ0) is 36.2. The highest BCUT2D eigenvalue weighted by Crippen LogP contribution is 2.30. The van der Waals surface area contributed by atoms with E-state index in [1.807, 2.05) is 10.9 Å². The van der Waals surface area contributed by atoms with Crippen LogP contribution < -0.4 is 29.8 Å². The van der Waals surface area contributed by atoms with Crippen molar-refractivity contribution in [3.63, 3.8) is 0 Å². The molecular weight excluding hydrogens is 660 g/mol. The number of carbonyl (C=O) groups is 4. The molecule has 0 heterocycles. The summed E-state index contributed by atoms with van der Waals surface area (Å²) in [5, 5.41) is 30.3. The third-order valence-corrected chi connectivity index (χ3v) is 6.38. The van der Waals surface area contributed by atoms with E-state index in [1.54, 1.807) is 0 Å². The minimum atomic E-state index is -1.27. The van der Waals surface area contributed by atoms with Crippen molar-refractivity contribution in [1.82, 2.24) is 10.9 Å². The number of nitrogens with one attached hydrogen (secondary N) is 2. The van der Waals surface area contributed by atoms with Crippen molar-refractivity contribution in [3.05, 3.63) is 127 Å². The van der Waals surface area contributed by atoms with Crippen LogP contribution in [0.25, 0.3) is 0 Å². The zero-order valence-electron chi connectivity index (χ0n) is 25.9. The number of nitro benzene ring substituents is 2. The number of hydrogen-bond acceptors (Lipinski definition) is 14. The molecule has 4 rings (SSSR count). The normalized spacial score (nSPS) is 10.7. The number of methoxy groups -OCH3 is 2. The molecule has 50 heavy (non-hydrogen) atoms. The van der Waals surface area contributed by atoms with Crippen LogP contribution in [0.3, 0.4) is 0 Å². The molecule has 0 spiro atoms. The first-order valence-corrected chi connectivity index (χ1v) is 13.9. The average Bonchev–Trinajstić information content (AvgIpc) is 3.12. The highest BCUT2D eigenvalue weighted by molar-refractivity contribution is 6.35. The lowest BCUT2D eigenvalue weighted by Gasteiger charge is -2.07. The molecule has 2 amide bonds. The molecule has 254 valence electrons. The Bertz CT molecular complexity index is 1870. The number of hydrogen-bond donors (Lipinski definition) is 2. The molecule has 2 N–H and O–H groups in total. The zero-order valence-corrected chi connectivity index (χ0v) is 25.9. The molecule has 0 aliphatic heterocycles. The van der Waals surface area contributed by atoms with Gasteiger partial charge in [0.15, 0.2) is 0 Å². The Morgan fingerprint density at radius 2 is 0.960 bits per heavy atom. The largest absolute Gasteiger partial charge is 0.497 e. The number of rotatable bonds is 12. The van der Waals surface area contributed by atoms with Gasteiger partial charge in [0.25, 0.3) is 0 Å². The maximum absolute atomic E-state index is 12.4. The fourth-order valence-corrected chi connectivity index (χ4v) is 3.89. The second kappa shape index (κ2) is 16.4. The number of amides is 2.